The highest BCUT2D eigenvalue weighted by atomic mass is 79.9. The number of hydrogen-bond donors (Lipinski definition) is 2. The lowest BCUT2D eigenvalue weighted by molar-refractivity contribution is -0.139. The van der Waals surface area contributed by atoms with Gasteiger partial charge in [0.2, 0.25) is 0 Å². The van der Waals surface area contributed by atoms with Gasteiger partial charge in [-0.15, -0.1) is 0 Å². The highest BCUT2D eigenvalue weighted by Gasteiger charge is 2.31. The van der Waals surface area contributed by atoms with Crippen LogP contribution in [0.1, 0.15) is 21.5 Å². The number of rotatable bonds is 10. The number of benzene rings is 5. The van der Waals surface area contributed by atoms with Crippen LogP contribution < -0.4 is 14.8 Å². The van der Waals surface area contributed by atoms with Gasteiger partial charge in [-0.3, -0.25) is 4.79 Å². The van der Waals surface area contributed by atoms with Crippen molar-refractivity contribution in [1.29, 1.82) is 0 Å². The molecule has 45 heavy (non-hydrogen) atoms. The molecule has 1 unspecified atom stereocenters. The van der Waals surface area contributed by atoms with E-state index >= 15 is 0 Å². The predicted octanol–water partition coefficient (Wildman–Crippen LogP) is 9.15. The van der Waals surface area contributed by atoms with Crippen LogP contribution in [-0.4, -0.2) is 23.0 Å². The first kappa shape index (κ1) is 31.3. The van der Waals surface area contributed by atoms with Gasteiger partial charge in [0.1, 0.15) is 29.0 Å². The second-order valence-electron chi connectivity index (χ2n) is 9.94. The molecule has 6 nitrogen and oxygen atoms in total. The molecule has 10 heteroatoms. The van der Waals surface area contributed by atoms with E-state index in [1.54, 1.807) is 18.2 Å². The largest absolute Gasteiger partial charge is 0.480 e. The van der Waals surface area contributed by atoms with Crippen molar-refractivity contribution in [3.8, 4) is 34.1 Å². The van der Waals surface area contributed by atoms with E-state index in [2.05, 4.69) is 21.2 Å². The molecule has 5 aromatic carbocycles. The molecule has 0 bridgehead atoms. The first-order valence-corrected chi connectivity index (χ1v) is 14.5. The molecule has 228 valence electrons. The SMILES string of the molecule is O=C(NC(Cc1ccc(-c2ccccc2Oc2ccccc2)cc1)C(=O)O)c1cc(Br)ccc1Oc1cccc(C(F)(F)F)c1. The van der Waals surface area contributed by atoms with Crippen molar-refractivity contribution in [3.63, 3.8) is 0 Å². The molecule has 1 atom stereocenters. The number of carbonyl (C=O) groups is 2. The van der Waals surface area contributed by atoms with E-state index in [9.17, 15) is 27.9 Å². The summed E-state index contributed by atoms with van der Waals surface area (Å²) in [6, 6.07) is 31.5. The zero-order valence-electron chi connectivity index (χ0n) is 23.4. The molecular weight excluding hydrogens is 651 g/mol. The number of hydrogen-bond acceptors (Lipinski definition) is 4. The minimum atomic E-state index is -4.58. The topological polar surface area (TPSA) is 84.9 Å². The summed E-state index contributed by atoms with van der Waals surface area (Å²) in [6.45, 7) is 0. The van der Waals surface area contributed by atoms with Crippen molar-refractivity contribution in [2.24, 2.45) is 0 Å². The Morgan fingerprint density at radius 2 is 1.42 bits per heavy atom. The van der Waals surface area contributed by atoms with Gasteiger partial charge < -0.3 is 19.9 Å². The first-order chi connectivity index (χ1) is 21.6. The summed E-state index contributed by atoms with van der Waals surface area (Å²) in [6.07, 6.45) is -4.60. The molecule has 0 spiro atoms. The van der Waals surface area contributed by atoms with Crippen molar-refractivity contribution < 1.29 is 37.3 Å². The van der Waals surface area contributed by atoms with Crippen LogP contribution in [0.25, 0.3) is 11.1 Å². The Morgan fingerprint density at radius 1 is 0.756 bits per heavy atom. The molecule has 5 aromatic rings. The molecule has 1 amide bonds. The van der Waals surface area contributed by atoms with Gasteiger partial charge in [0.15, 0.2) is 0 Å². The average Bonchev–Trinajstić information content (AvgIpc) is 3.02. The third kappa shape index (κ3) is 8.10. The van der Waals surface area contributed by atoms with Gasteiger partial charge in [-0.25, -0.2) is 4.79 Å². The Labute approximate surface area is 265 Å². The summed E-state index contributed by atoms with van der Waals surface area (Å²) in [5.74, 6) is -0.856. The Bertz CT molecular complexity index is 1810. The Hall–Kier alpha value is -5.09. The zero-order valence-corrected chi connectivity index (χ0v) is 25.0. The van der Waals surface area contributed by atoms with E-state index in [0.29, 0.717) is 21.5 Å². The molecule has 0 aromatic heterocycles. The van der Waals surface area contributed by atoms with Crippen molar-refractivity contribution in [2.75, 3.05) is 0 Å². The highest BCUT2D eigenvalue weighted by Crippen LogP contribution is 2.35. The Kier molecular flexibility index (Phi) is 9.53. The van der Waals surface area contributed by atoms with Crippen molar-refractivity contribution in [1.82, 2.24) is 5.32 Å². The first-order valence-electron chi connectivity index (χ1n) is 13.7. The summed E-state index contributed by atoms with van der Waals surface area (Å²) in [4.78, 5) is 25.5. The lowest BCUT2D eigenvalue weighted by Gasteiger charge is -2.17. The monoisotopic (exact) mass is 675 g/mol. The molecule has 0 saturated carbocycles. The maximum atomic E-state index is 13.3. The van der Waals surface area contributed by atoms with Gasteiger partial charge >= 0.3 is 12.1 Å². The summed E-state index contributed by atoms with van der Waals surface area (Å²) in [5, 5.41) is 12.4. The smallest absolute Gasteiger partial charge is 0.416 e. The van der Waals surface area contributed by atoms with E-state index in [1.807, 2.05) is 66.7 Å². The molecule has 0 saturated heterocycles. The molecule has 5 rings (SSSR count). The maximum Gasteiger partial charge on any atom is 0.416 e. The zero-order chi connectivity index (χ0) is 32.0. The number of carbonyl (C=O) groups excluding carboxylic acids is 1. The summed E-state index contributed by atoms with van der Waals surface area (Å²) >= 11 is 3.28. The standard InChI is InChI=1S/C35H25BrF3NO5/c36-25-17-18-32(45-27-10-6-7-24(20-27)35(37,38)39)29(21-25)33(41)40-30(34(42)43)19-22-13-15-23(16-14-22)28-11-4-5-12-31(28)44-26-8-2-1-3-9-26/h1-18,20-21,30H,19H2,(H,40,41)(H,42,43). The lowest BCUT2D eigenvalue weighted by atomic mass is 9.99. The summed E-state index contributed by atoms with van der Waals surface area (Å²) < 4.78 is 51.8. The van der Waals surface area contributed by atoms with Crippen LogP contribution in [0.15, 0.2) is 126 Å². The number of alkyl halides is 3. The fraction of sp³-hybridized carbons (Fsp3) is 0.0857. The van der Waals surface area contributed by atoms with Gasteiger partial charge in [-0.1, -0.05) is 82.7 Å². The van der Waals surface area contributed by atoms with E-state index in [4.69, 9.17) is 9.47 Å². The second-order valence-corrected chi connectivity index (χ2v) is 10.9. The van der Waals surface area contributed by atoms with E-state index < -0.39 is 29.7 Å². The van der Waals surface area contributed by atoms with Crippen molar-refractivity contribution in [3.05, 3.63) is 142 Å². The molecule has 0 fully saturated rings. The van der Waals surface area contributed by atoms with Gasteiger partial charge in [0, 0.05) is 16.5 Å². The van der Waals surface area contributed by atoms with Crippen LogP contribution in [0.3, 0.4) is 0 Å². The molecule has 0 heterocycles. The second kappa shape index (κ2) is 13.7. The van der Waals surface area contributed by atoms with Gasteiger partial charge in [-0.05, 0) is 65.7 Å². The normalized spacial score (nSPS) is 11.8. The lowest BCUT2D eigenvalue weighted by Crippen LogP contribution is -2.42. The van der Waals surface area contributed by atoms with Gasteiger partial charge in [0.05, 0.1) is 11.1 Å². The van der Waals surface area contributed by atoms with Crippen molar-refractivity contribution >= 4 is 27.8 Å². The van der Waals surface area contributed by atoms with E-state index in [-0.39, 0.29) is 23.5 Å². The van der Waals surface area contributed by atoms with Gasteiger partial charge in [0.25, 0.3) is 5.91 Å². The molecule has 2 N–H and O–H groups in total. The number of aliphatic carboxylic acids is 1. The van der Waals surface area contributed by atoms with Crippen LogP contribution in [-0.2, 0) is 17.4 Å². The maximum absolute atomic E-state index is 13.3. The molecule has 0 radical (unpaired) electrons. The quantitative estimate of drug-likeness (QED) is 0.154. The number of amides is 1. The average molecular weight is 676 g/mol. The number of para-hydroxylation sites is 2. The van der Waals surface area contributed by atoms with E-state index in [1.165, 1.54) is 24.3 Å². The van der Waals surface area contributed by atoms with E-state index in [0.717, 1.165) is 23.3 Å². The van der Waals surface area contributed by atoms with Crippen LogP contribution in [0.5, 0.6) is 23.0 Å². The predicted molar refractivity (Wildman–Crippen MR) is 167 cm³/mol. The summed E-state index contributed by atoms with van der Waals surface area (Å²) in [7, 11) is 0. The fourth-order valence-corrected chi connectivity index (χ4v) is 4.89. The van der Waals surface area contributed by atoms with Crippen molar-refractivity contribution in [2.45, 2.75) is 18.6 Å². The number of carboxylic acids is 1. The minimum Gasteiger partial charge on any atom is -0.480 e. The number of carboxylic acid groups (broad SMARTS) is 1. The van der Waals surface area contributed by atoms with Crippen LogP contribution in [0.2, 0.25) is 0 Å². The van der Waals surface area contributed by atoms with Crippen LogP contribution in [0.4, 0.5) is 13.2 Å². The van der Waals surface area contributed by atoms with Crippen LogP contribution in [0, 0.1) is 0 Å². The fourth-order valence-electron chi connectivity index (χ4n) is 4.53. The number of ether oxygens (including phenoxy) is 2. The molecule has 0 aliphatic carbocycles. The molecule has 0 aliphatic rings. The number of nitrogens with one attached hydrogen (secondary N) is 1. The number of halogens is 4. The molecule has 0 aliphatic heterocycles. The Balaban J connectivity index is 1.32. The Morgan fingerprint density at radius 3 is 2.13 bits per heavy atom. The minimum absolute atomic E-state index is 0.0265. The molecular formula is C35H25BrF3NO5. The summed E-state index contributed by atoms with van der Waals surface area (Å²) in [5.41, 5.74) is 1.39. The third-order valence-electron chi connectivity index (χ3n) is 6.74. The highest BCUT2D eigenvalue weighted by molar-refractivity contribution is 9.10. The van der Waals surface area contributed by atoms with Crippen LogP contribution >= 0.6 is 15.9 Å². The van der Waals surface area contributed by atoms with Gasteiger partial charge in [-0.2, -0.15) is 13.2 Å². The third-order valence-corrected chi connectivity index (χ3v) is 7.23.